The smallest absolute Gasteiger partial charge is 0.250 e. The Labute approximate surface area is 173 Å². The number of nitrogens with zero attached hydrogens (tertiary/aromatic N) is 2. The van der Waals surface area contributed by atoms with Crippen LogP contribution < -0.4 is 10.0 Å². The SMILES string of the molecule is Cc1ccc(S(=O)(=O)NCCc2nnc(NC(=O)/C=C/c3ccccc3)s2)cc1. The minimum Gasteiger partial charge on any atom is -0.297 e. The number of anilines is 1. The van der Waals surface area contributed by atoms with Crippen molar-refractivity contribution in [1.82, 2.24) is 14.9 Å². The van der Waals surface area contributed by atoms with Crippen LogP contribution in [0.5, 0.6) is 0 Å². The number of sulfonamides is 1. The van der Waals surface area contributed by atoms with E-state index in [0.29, 0.717) is 16.6 Å². The molecular weight excluding hydrogens is 408 g/mol. The van der Waals surface area contributed by atoms with E-state index < -0.39 is 10.0 Å². The van der Waals surface area contributed by atoms with Gasteiger partial charge < -0.3 is 0 Å². The van der Waals surface area contributed by atoms with Gasteiger partial charge in [-0.25, -0.2) is 13.1 Å². The molecule has 1 amide bonds. The molecule has 2 aromatic carbocycles. The van der Waals surface area contributed by atoms with Crippen LogP contribution in [-0.4, -0.2) is 31.1 Å². The third-order valence-electron chi connectivity index (χ3n) is 3.89. The number of aryl methyl sites for hydroxylation is 1. The zero-order valence-electron chi connectivity index (χ0n) is 15.7. The molecule has 0 fully saturated rings. The van der Waals surface area contributed by atoms with E-state index in [4.69, 9.17) is 0 Å². The summed E-state index contributed by atoms with van der Waals surface area (Å²) in [5.74, 6) is -0.309. The van der Waals surface area contributed by atoms with Gasteiger partial charge in [0.25, 0.3) is 0 Å². The van der Waals surface area contributed by atoms with Gasteiger partial charge in [-0.3, -0.25) is 10.1 Å². The molecule has 0 aliphatic carbocycles. The van der Waals surface area contributed by atoms with Crippen molar-refractivity contribution in [3.63, 3.8) is 0 Å². The highest BCUT2D eigenvalue weighted by molar-refractivity contribution is 7.89. The first-order valence-electron chi connectivity index (χ1n) is 8.85. The molecule has 3 aromatic rings. The normalized spacial score (nSPS) is 11.6. The van der Waals surface area contributed by atoms with E-state index in [2.05, 4.69) is 20.2 Å². The van der Waals surface area contributed by atoms with Crippen LogP contribution in [0.3, 0.4) is 0 Å². The summed E-state index contributed by atoms with van der Waals surface area (Å²) in [4.78, 5) is 12.2. The third-order valence-corrected chi connectivity index (χ3v) is 6.26. The summed E-state index contributed by atoms with van der Waals surface area (Å²) >= 11 is 1.21. The predicted molar refractivity (Wildman–Crippen MR) is 114 cm³/mol. The number of aromatic nitrogens is 2. The van der Waals surface area contributed by atoms with Crippen molar-refractivity contribution < 1.29 is 13.2 Å². The zero-order chi connectivity index (χ0) is 20.7. The van der Waals surface area contributed by atoms with E-state index in [-0.39, 0.29) is 17.3 Å². The molecule has 0 bridgehead atoms. The van der Waals surface area contributed by atoms with Gasteiger partial charge in [-0.05, 0) is 30.7 Å². The summed E-state index contributed by atoms with van der Waals surface area (Å²) < 4.78 is 27.1. The van der Waals surface area contributed by atoms with Crippen molar-refractivity contribution >= 4 is 38.5 Å². The average Bonchev–Trinajstić information content (AvgIpc) is 3.14. The molecule has 1 heterocycles. The third kappa shape index (κ3) is 6.31. The fraction of sp³-hybridized carbons (Fsp3) is 0.150. The summed E-state index contributed by atoms with van der Waals surface area (Å²) in [6.07, 6.45) is 3.50. The summed E-state index contributed by atoms with van der Waals surface area (Å²) in [5, 5.41) is 11.5. The lowest BCUT2D eigenvalue weighted by Gasteiger charge is -2.05. The van der Waals surface area contributed by atoms with Crippen molar-refractivity contribution in [1.29, 1.82) is 0 Å². The molecular formula is C20H20N4O3S2. The average molecular weight is 429 g/mol. The van der Waals surface area contributed by atoms with E-state index in [1.165, 1.54) is 17.4 Å². The minimum atomic E-state index is -3.57. The Hall–Kier alpha value is -2.88. The van der Waals surface area contributed by atoms with Crippen molar-refractivity contribution in [2.45, 2.75) is 18.2 Å². The molecule has 0 aliphatic heterocycles. The van der Waals surface area contributed by atoms with Crippen molar-refractivity contribution in [3.8, 4) is 0 Å². The number of carbonyl (C=O) groups excluding carboxylic acids is 1. The summed E-state index contributed by atoms with van der Waals surface area (Å²) in [5.41, 5.74) is 1.91. The zero-order valence-corrected chi connectivity index (χ0v) is 17.3. The highest BCUT2D eigenvalue weighted by Gasteiger charge is 2.14. The van der Waals surface area contributed by atoms with Crippen molar-refractivity contribution in [2.75, 3.05) is 11.9 Å². The Morgan fingerprint density at radius 2 is 1.79 bits per heavy atom. The maximum atomic E-state index is 12.3. The topological polar surface area (TPSA) is 101 Å². The Bertz CT molecular complexity index is 1090. The van der Waals surface area contributed by atoms with Gasteiger partial charge in [0, 0.05) is 19.0 Å². The molecule has 0 saturated carbocycles. The van der Waals surface area contributed by atoms with Crippen molar-refractivity contribution in [2.24, 2.45) is 0 Å². The lowest BCUT2D eigenvalue weighted by Crippen LogP contribution is -2.25. The van der Waals surface area contributed by atoms with E-state index in [0.717, 1.165) is 11.1 Å². The molecule has 0 radical (unpaired) electrons. The van der Waals surface area contributed by atoms with Gasteiger partial charge in [0.1, 0.15) is 5.01 Å². The molecule has 0 unspecified atom stereocenters. The van der Waals surface area contributed by atoms with Gasteiger partial charge in [0.2, 0.25) is 21.1 Å². The van der Waals surface area contributed by atoms with Gasteiger partial charge in [-0.15, -0.1) is 10.2 Å². The maximum Gasteiger partial charge on any atom is 0.250 e. The molecule has 0 atom stereocenters. The Morgan fingerprint density at radius 3 is 2.52 bits per heavy atom. The molecule has 0 spiro atoms. The molecule has 0 saturated heterocycles. The number of carbonyl (C=O) groups is 1. The lowest BCUT2D eigenvalue weighted by molar-refractivity contribution is -0.111. The molecule has 150 valence electrons. The Kier molecular flexibility index (Phi) is 6.86. The standard InChI is InChI=1S/C20H20N4O3S2/c1-15-7-10-17(11-8-15)29(26,27)21-14-13-19-23-24-20(28-19)22-18(25)12-9-16-5-3-2-4-6-16/h2-12,21H,13-14H2,1H3,(H,22,24,25)/b12-9+. The first-order chi connectivity index (χ1) is 13.9. The second-order valence-corrected chi connectivity index (χ2v) is 9.02. The fourth-order valence-electron chi connectivity index (χ4n) is 2.38. The first kappa shape index (κ1) is 20.8. The molecule has 9 heteroatoms. The number of nitrogens with one attached hydrogen (secondary N) is 2. The van der Waals surface area contributed by atoms with E-state index in [1.807, 2.05) is 37.3 Å². The summed E-state index contributed by atoms with van der Waals surface area (Å²) in [6, 6.07) is 16.1. The highest BCUT2D eigenvalue weighted by atomic mass is 32.2. The van der Waals surface area contributed by atoms with Gasteiger partial charge in [0.15, 0.2) is 0 Å². The van der Waals surface area contributed by atoms with Gasteiger partial charge >= 0.3 is 0 Å². The monoisotopic (exact) mass is 428 g/mol. The number of hydrogen-bond donors (Lipinski definition) is 2. The Balaban J connectivity index is 1.49. The van der Waals surface area contributed by atoms with Crippen LogP contribution in [0.2, 0.25) is 0 Å². The van der Waals surface area contributed by atoms with Gasteiger partial charge in [0.05, 0.1) is 4.90 Å². The molecule has 29 heavy (non-hydrogen) atoms. The molecule has 1 aromatic heterocycles. The van der Waals surface area contributed by atoms with Crippen LogP contribution in [0.4, 0.5) is 5.13 Å². The molecule has 2 N–H and O–H groups in total. The second kappa shape index (κ2) is 9.55. The number of hydrogen-bond acceptors (Lipinski definition) is 6. The van der Waals surface area contributed by atoms with Crippen molar-refractivity contribution in [3.05, 3.63) is 76.8 Å². The van der Waals surface area contributed by atoms with E-state index >= 15 is 0 Å². The molecule has 3 rings (SSSR count). The number of benzene rings is 2. The minimum absolute atomic E-state index is 0.187. The van der Waals surface area contributed by atoms with Crippen LogP contribution in [0.25, 0.3) is 6.08 Å². The number of amides is 1. The van der Waals surface area contributed by atoms with Crippen LogP contribution in [0, 0.1) is 6.92 Å². The van der Waals surface area contributed by atoms with Crippen LogP contribution in [0.15, 0.2) is 65.6 Å². The van der Waals surface area contributed by atoms with Crippen LogP contribution >= 0.6 is 11.3 Å². The molecule has 0 aliphatic rings. The van der Waals surface area contributed by atoms with Gasteiger partial charge in [-0.1, -0.05) is 59.4 Å². The first-order valence-corrected chi connectivity index (χ1v) is 11.2. The summed E-state index contributed by atoms with van der Waals surface area (Å²) in [6.45, 7) is 2.08. The van der Waals surface area contributed by atoms with Crippen LogP contribution in [0.1, 0.15) is 16.1 Å². The second-order valence-electron chi connectivity index (χ2n) is 6.20. The van der Waals surface area contributed by atoms with Gasteiger partial charge in [-0.2, -0.15) is 0 Å². The highest BCUT2D eigenvalue weighted by Crippen LogP contribution is 2.16. The number of rotatable bonds is 8. The summed E-state index contributed by atoms with van der Waals surface area (Å²) in [7, 11) is -3.57. The molecule has 7 nitrogen and oxygen atoms in total. The predicted octanol–water partition coefficient (Wildman–Crippen LogP) is 3.02. The largest absolute Gasteiger partial charge is 0.297 e. The maximum absolute atomic E-state index is 12.3. The quantitative estimate of drug-likeness (QED) is 0.537. The van der Waals surface area contributed by atoms with Crippen LogP contribution in [-0.2, 0) is 21.2 Å². The lowest BCUT2D eigenvalue weighted by atomic mass is 10.2. The Morgan fingerprint density at radius 1 is 1.07 bits per heavy atom. The van der Waals surface area contributed by atoms with E-state index in [9.17, 15) is 13.2 Å². The van der Waals surface area contributed by atoms with E-state index in [1.54, 1.807) is 30.3 Å². The fourth-order valence-corrected chi connectivity index (χ4v) is 4.16.